The van der Waals surface area contributed by atoms with E-state index in [0.29, 0.717) is 4.90 Å². The molecule has 0 spiro atoms. The molecule has 0 aliphatic carbocycles. The van der Waals surface area contributed by atoms with E-state index in [1.54, 1.807) is 18.2 Å². The molecule has 1 saturated heterocycles. The first kappa shape index (κ1) is 19.5. The highest BCUT2D eigenvalue weighted by Gasteiger charge is 2.44. The van der Waals surface area contributed by atoms with Gasteiger partial charge in [-0.25, -0.2) is 0 Å². The maximum Gasteiger partial charge on any atom is 0.283 e. The topological polar surface area (TPSA) is 155 Å². The Labute approximate surface area is 151 Å². The van der Waals surface area contributed by atoms with E-state index in [-0.39, 0.29) is 18.1 Å². The minimum Gasteiger partial charge on any atom is -0.394 e. The predicted molar refractivity (Wildman–Crippen MR) is 96.3 cm³/mol. The number of hydrogen-bond acceptors (Lipinski definition) is 9. The summed E-state index contributed by atoms with van der Waals surface area (Å²) >= 11 is 0. The van der Waals surface area contributed by atoms with E-state index in [1.165, 1.54) is 29.1 Å². The molecule has 1 unspecified atom stereocenters. The number of rotatable bonds is 8. The Morgan fingerprint density at radius 1 is 1.52 bits per heavy atom. The van der Waals surface area contributed by atoms with Gasteiger partial charge in [0, 0.05) is 12.3 Å². The summed E-state index contributed by atoms with van der Waals surface area (Å²) in [6.07, 6.45) is 0.352. The molecule has 1 aliphatic heterocycles. The second kappa shape index (κ2) is 9.06. The fourth-order valence-corrected chi connectivity index (χ4v) is 4.97. The van der Waals surface area contributed by atoms with Crippen molar-refractivity contribution >= 4 is 33.1 Å². The number of nitro groups is 1. The number of para-hydroxylation sites is 1. The molecular weight excluding hydrogens is 368 g/mol. The van der Waals surface area contributed by atoms with Crippen molar-refractivity contribution < 1.29 is 19.9 Å². The molecule has 0 saturated carbocycles. The van der Waals surface area contributed by atoms with E-state index in [1.807, 2.05) is 0 Å². The van der Waals surface area contributed by atoms with Crippen molar-refractivity contribution in [2.24, 2.45) is 5.73 Å². The van der Waals surface area contributed by atoms with Crippen LogP contribution in [0.3, 0.4) is 0 Å². The Bertz CT molecular complexity index is 660. The molecule has 9 nitrogen and oxygen atoms in total. The van der Waals surface area contributed by atoms with Crippen LogP contribution in [0.4, 0.5) is 5.69 Å². The van der Waals surface area contributed by atoms with E-state index in [2.05, 4.69) is 5.32 Å². The van der Waals surface area contributed by atoms with Crippen LogP contribution in [-0.2, 0) is 4.74 Å². The fraction of sp³-hybridized carbons (Fsp3) is 0.357. The number of ether oxygens (including phenoxy) is 1. The number of nitrogens with two attached hydrogens (primary N) is 1. The first-order valence-electron chi connectivity index (χ1n) is 7.21. The average molecular weight is 386 g/mol. The maximum absolute atomic E-state index is 11.1. The Morgan fingerprint density at radius 2 is 2.24 bits per heavy atom. The first-order valence-corrected chi connectivity index (χ1v) is 9.43. The molecule has 0 bridgehead atoms. The van der Waals surface area contributed by atoms with Gasteiger partial charge in [-0.15, -0.1) is 0 Å². The van der Waals surface area contributed by atoms with Gasteiger partial charge in [0.1, 0.15) is 18.2 Å². The highest BCUT2D eigenvalue weighted by Crippen LogP contribution is 2.44. The van der Waals surface area contributed by atoms with E-state index in [0.717, 1.165) is 10.8 Å². The van der Waals surface area contributed by atoms with Crippen LogP contribution >= 0.6 is 21.6 Å². The lowest BCUT2D eigenvalue weighted by atomic mass is 10.2. The molecule has 2 rings (SSSR count). The van der Waals surface area contributed by atoms with Gasteiger partial charge >= 0.3 is 0 Å². The number of nitrogens with one attached hydrogen (secondary N) is 2. The van der Waals surface area contributed by atoms with Crippen LogP contribution in [0.15, 0.2) is 41.4 Å². The van der Waals surface area contributed by atoms with Crippen LogP contribution in [0.5, 0.6) is 0 Å². The highest BCUT2D eigenvalue weighted by atomic mass is 33.1. The Hall–Kier alpha value is -1.79. The third-order valence-electron chi connectivity index (χ3n) is 3.35. The Kier molecular flexibility index (Phi) is 7.08. The average Bonchev–Trinajstić information content (AvgIpc) is 2.88. The fourth-order valence-electron chi connectivity index (χ4n) is 2.15. The van der Waals surface area contributed by atoms with Crippen LogP contribution in [0.2, 0.25) is 0 Å². The van der Waals surface area contributed by atoms with Gasteiger partial charge in [-0.1, -0.05) is 22.9 Å². The second-order valence-electron chi connectivity index (χ2n) is 5.09. The third-order valence-corrected chi connectivity index (χ3v) is 6.21. The summed E-state index contributed by atoms with van der Waals surface area (Å²) in [6, 6.07) is 6.31. The lowest BCUT2D eigenvalue weighted by Crippen LogP contribution is -2.36. The van der Waals surface area contributed by atoms with Crippen molar-refractivity contribution in [2.75, 3.05) is 6.61 Å². The van der Waals surface area contributed by atoms with Crippen LogP contribution in [-0.4, -0.2) is 51.3 Å². The maximum atomic E-state index is 11.1. The molecule has 1 aromatic rings. The Balaban J connectivity index is 2.08. The lowest BCUT2D eigenvalue weighted by Gasteiger charge is -2.19. The minimum atomic E-state index is -0.964. The standard InChI is InChI=1S/C14H18N4O5S2/c15-11(16)5-6-17-14-13(12(20)9(7-19)23-14)25-24-10-4-2-1-3-8(10)18(21)22/h1-6,9,12-14,17,19-20H,7H2,(H3,15,16)/b6-5-/t9-,12+,13?,14-/m1/s1. The molecule has 1 aromatic carbocycles. The summed E-state index contributed by atoms with van der Waals surface area (Å²) in [7, 11) is 2.36. The predicted octanol–water partition coefficient (Wildman–Crippen LogP) is 0.821. The van der Waals surface area contributed by atoms with Crippen molar-refractivity contribution in [3.63, 3.8) is 0 Å². The molecule has 25 heavy (non-hydrogen) atoms. The zero-order valence-corrected chi connectivity index (χ0v) is 14.6. The summed E-state index contributed by atoms with van der Waals surface area (Å²) < 4.78 is 5.54. The molecule has 4 atom stereocenters. The van der Waals surface area contributed by atoms with E-state index >= 15 is 0 Å². The number of aliphatic hydroxyl groups is 2. The van der Waals surface area contributed by atoms with Crippen molar-refractivity contribution in [3.8, 4) is 0 Å². The molecule has 11 heteroatoms. The normalized spacial score (nSPS) is 26.0. The van der Waals surface area contributed by atoms with Gasteiger partial charge in [0.2, 0.25) is 0 Å². The van der Waals surface area contributed by atoms with E-state index in [4.69, 9.17) is 15.9 Å². The third kappa shape index (κ3) is 5.09. The molecule has 1 fully saturated rings. The molecule has 1 heterocycles. The summed E-state index contributed by atoms with van der Waals surface area (Å²) in [5, 5.41) is 40.2. The first-order chi connectivity index (χ1) is 11.9. The van der Waals surface area contributed by atoms with Gasteiger partial charge in [0.15, 0.2) is 0 Å². The molecular formula is C14H18N4O5S2. The van der Waals surface area contributed by atoms with Crippen LogP contribution in [0, 0.1) is 15.5 Å². The summed E-state index contributed by atoms with van der Waals surface area (Å²) in [5.41, 5.74) is 5.21. The molecule has 0 aromatic heterocycles. The quantitative estimate of drug-likeness (QED) is 0.143. The van der Waals surface area contributed by atoms with Gasteiger partial charge in [-0.3, -0.25) is 15.5 Å². The smallest absolute Gasteiger partial charge is 0.283 e. The molecule has 6 N–H and O–H groups in total. The summed E-state index contributed by atoms with van der Waals surface area (Å²) in [4.78, 5) is 11.1. The van der Waals surface area contributed by atoms with Crippen molar-refractivity contribution in [3.05, 3.63) is 46.7 Å². The Morgan fingerprint density at radius 3 is 2.88 bits per heavy atom. The zero-order valence-electron chi connectivity index (χ0n) is 12.9. The van der Waals surface area contributed by atoms with Crippen LogP contribution < -0.4 is 11.1 Å². The van der Waals surface area contributed by atoms with Crippen LogP contribution in [0.1, 0.15) is 0 Å². The lowest BCUT2D eigenvalue weighted by molar-refractivity contribution is -0.387. The monoisotopic (exact) mass is 386 g/mol. The van der Waals surface area contributed by atoms with E-state index in [9.17, 15) is 20.3 Å². The second-order valence-corrected chi connectivity index (χ2v) is 7.51. The SMILES string of the molecule is N=C(N)/C=C\N[C@@H]1O[C@H](CO)[C@H](O)C1SSc1ccccc1[N+](=O)[O-]. The summed E-state index contributed by atoms with van der Waals surface area (Å²) in [5.74, 6) is -0.150. The number of amidine groups is 1. The minimum absolute atomic E-state index is 0.0203. The number of aliphatic hydroxyl groups excluding tert-OH is 2. The van der Waals surface area contributed by atoms with Gasteiger partial charge in [0.05, 0.1) is 27.8 Å². The van der Waals surface area contributed by atoms with Crippen LogP contribution in [0.25, 0.3) is 0 Å². The van der Waals surface area contributed by atoms with E-state index < -0.39 is 28.6 Å². The zero-order chi connectivity index (χ0) is 18.4. The molecule has 136 valence electrons. The number of benzene rings is 1. The molecule has 0 amide bonds. The number of hydrogen-bond donors (Lipinski definition) is 5. The van der Waals surface area contributed by atoms with Gasteiger partial charge in [0.25, 0.3) is 5.69 Å². The molecule has 1 aliphatic rings. The van der Waals surface area contributed by atoms with Gasteiger partial charge < -0.3 is 26.0 Å². The van der Waals surface area contributed by atoms with Crippen molar-refractivity contribution in [1.82, 2.24) is 5.32 Å². The van der Waals surface area contributed by atoms with Gasteiger partial charge in [-0.2, -0.15) is 0 Å². The van der Waals surface area contributed by atoms with Gasteiger partial charge in [-0.05, 0) is 22.9 Å². The molecule has 0 radical (unpaired) electrons. The van der Waals surface area contributed by atoms with Crippen molar-refractivity contribution in [1.29, 1.82) is 5.41 Å². The van der Waals surface area contributed by atoms with Crippen molar-refractivity contribution in [2.45, 2.75) is 28.6 Å². The largest absolute Gasteiger partial charge is 0.394 e. The highest BCUT2D eigenvalue weighted by molar-refractivity contribution is 8.77. The summed E-state index contributed by atoms with van der Waals surface area (Å²) in [6.45, 7) is -0.358. The number of nitro benzene ring substituents is 1. The number of nitrogens with zero attached hydrogens (tertiary/aromatic N) is 1.